The van der Waals surface area contributed by atoms with E-state index in [1.54, 1.807) is 12.1 Å². The molecule has 2 N–H and O–H groups in total. The number of fused-ring (bicyclic) bond motifs is 1. The van der Waals surface area contributed by atoms with E-state index in [0.29, 0.717) is 16.3 Å². The molecule has 0 atom stereocenters. The van der Waals surface area contributed by atoms with Crippen molar-refractivity contribution in [2.24, 2.45) is 0 Å². The van der Waals surface area contributed by atoms with Gasteiger partial charge < -0.3 is 19.9 Å². The summed E-state index contributed by atoms with van der Waals surface area (Å²) >= 11 is 5.22. The molecule has 22 heavy (non-hydrogen) atoms. The van der Waals surface area contributed by atoms with E-state index in [-0.39, 0.29) is 5.58 Å². The number of nitrogens with one attached hydrogen (secondary N) is 2. The SMILES string of the molecule is Fc1cccc2c(NC(=S)NCCN3CCOCC3)noc12. The second-order valence-corrected chi connectivity index (χ2v) is 5.39. The molecule has 8 heteroatoms. The van der Waals surface area contributed by atoms with E-state index < -0.39 is 5.82 Å². The van der Waals surface area contributed by atoms with Gasteiger partial charge in [0.2, 0.25) is 5.58 Å². The molecule has 6 nitrogen and oxygen atoms in total. The van der Waals surface area contributed by atoms with Crippen LogP contribution in [0.1, 0.15) is 0 Å². The van der Waals surface area contributed by atoms with E-state index in [1.807, 2.05) is 0 Å². The molecule has 0 amide bonds. The lowest BCUT2D eigenvalue weighted by molar-refractivity contribution is 0.0389. The molecule has 0 radical (unpaired) electrons. The van der Waals surface area contributed by atoms with Crippen LogP contribution in [0.25, 0.3) is 11.0 Å². The first kappa shape index (κ1) is 15.1. The average molecular weight is 324 g/mol. The Kier molecular flexibility index (Phi) is 4.81. The van der Waals surface area contributed by atoms with Gasteiger partial charge >= 0.3 is 0 Å². The Morgan fingerprint density at radius 3 is 3.00 bits per heavy atom. The van der Waals surface area contributed by atoms with Gasteiger partial charge in [0, 0.05) is 26.2 Å². The van der Waals surface area contributed by atoms with Crippen LogP contribution < -0.4 is 10.6 Å². The molecule has 0 bridgehead atoms. The minimum Gasteiger partial charge on any atom is -0.379 e. The molecule has 1 saturated heterocycles. The lowest BCUT2D eigenvalue weighted by Crippen LogP contribution is -2.42. The Labute approximate surface area is 132 Å². The van der Waals surface area contributed by atoms with Gasteiger partial charge in [-0.15, -0.1) is 0 Å². The van der Waals surface area contributed by atoms with Crippen molar-refractivity contribution in [3.63, 3.8) is 0 Å². The number of rotatable bonds is 4. The maximum Gasteiger partial charge on any atom is 0.204 e. The summed E-state index contributed by atoms with van der Waals surface area (Å²) in [6.45, 7) is 5.04. The van der Waals surface area contributed by atoms with E-state index in [4.69, 9.17) is 21.5 Å². The predicted octanol–water partition coefficient (Wildman–Crippen LogP) is 1.59. The second-order valence-electron chi connectivity index (χ2n) is 4.98. The molecule has 3 rings (SSSR count). The van der Waals surface area contributed by atoms with E-state index in [9.17, 15) is 4.39 Å². The summed E-state index contributed by atoms with van der Waals surface area (Å²) in [7, 11) is 0. The maximum absolute atomic E-state index is 13.5. The minimum atomic E-state index is -0.441. The number of morpholine rings is 1. The Bertz CT molecular complexity index is 657. The fraction of sp³-hybridized carbons (Fsp3) is 0.429. The number of para-hydroxylation sites is 1. The predicted molar refractivity (Wildman–Crippen MR) is 85.4 cm³/mol. The van der Waals surface area contributed by atoms with Crippen LogP contribution in [0, 0.1) is 5.82 Å². The standard InChI is InChI=1S/C14H17FN4O2S/c15-11-3-1-2-10-12(11)21-18-13(10)17-14(22)16-4-5-19-6-8-20-9-7-19/h1-3H,4-9H2,(H2,16,17,18,22). The molecule has 118 valence electrons. The lowest BCUT2D eigenvalue weighted by Gasteiger charge is -2.26. The van der Waals surface area contributed by atoms with Gasteiger partial charge in [-0.05, 0) is 24.4 Å². The topological polar surface area (TPSA) is 62.6 Å². The van der Waals surface area contributed by atoms with Crippen molar-refractivity contribution in [1.29, 1.82) is 0 Å². The van der Waals surface area contributed by atoms with Crippen LogP contribution in [0.4, 0.5) is 10.2 Å². The van der Waals surface area contributed by atoms with Crippen LogP contribution in [0.2, 0.25) is 0 Å². The Morgan fingerprint density at radius 1 is 1.36 bits per heavy atom. The Morgan fingerprint density at radius 2 is 2.18 bits per heavy atom. The highest BCUT2D eigenvalue weighted by Gasteiger charge is 2.13. The molecular formula is C14H17FN4O2S. The normalized spacial score (nSPS) is 15.9. The number of benzene rings is 1. The van der Waals surface area contributed by atoms with Crippen molar-refractivity contribution in [2.75, 3.05) is 44.7 Å². The van der Waals surface area contributed by atoms with E-state index >= 15 is 0 Å². The monoisotopic (exact) mass is 324 g/mol. The van der Waals surface area contributed by atoms with Crippen molar-refractivity contribution in [1.82, 2.24) is 15.4 Å². The highest BCUT2D eigenvalue weighted by atomic mass is 32.1. The number of hydrogen-bond acceptors (Lipinski definition) is 5. The van der Waals surface area contributed by atoms with Crippen LogP contribution in [-0.2, 0) is 4.74 Å². The van der Waals surface area contributed by atoms with Crippen LogP contribution in [0.3, 0.4) is 0 Å². The minimum absolute atomic E-state index is 0.126. The summed E-state index contributed by atoms with van der Waals surface area (Å²) in [6, 6.07) is 4.67. The van der Waals surface area contributed by atoms with Crippen molar-refractivity contribution >= 4 is 34.1 Å². The van der Waals surface area contributed by atoms with Gasteiger partial charge in [-0.1, -0.05) is 11.2 Å². The summed E-state index contributed by atoms with van der Waals surface area (Å²) < 4.78 is 23.8. The fourth-order valence-electron chi connectivity index (χ4n) is 2.32. The molecule has 0 unspecified atom stereocenters. The molecule has 1 aromatic carbocycles. The second kappa shape index (κ2) is 6.99. The third-order valence-electron chi connectivity index (χ3n) is 3.50. The first-order valence-electron chi connectivity index (χ1n) is 7.13. The Balaban J connectivity index is 1.51. The summed E-state index contributed by atoms with van der Waals surface area (Å²) in [6.07, 6.45) is 0. The van der Waals surface area contributed by atoms with Crippen molar-refractivity contribution in [3.05, 3.63) is 24.0 Å². The molecule has 1 aromatic heterocycles. The molecular weight excluding hydrogens is 307 g/mol. The number of hydrogen-bond donors (Lipinski definition) is 2. The molecule has 0 aliphatic carbocycles. The summed E-state index contributed by atoms with van der Waals surface area (Å²) in [5.74, 6) is -0.0254. The zero-order valence-electron chi connectivity index (χ0n) is 12.0. The van der Waals surface area contributed by atoms with Gasteiger partial charge in [0.25, 0.3) is 0 Å². The zero-order valence-corrected chi connectivity index (χ0v) is 12.8. The quantitative estimate of drug-likeness (QED) is 0.828. The molecule has 0 saturated carbocycles. The Hall–Kier alpha value is -1.77. The maximum atomic E-state index is 13.5. The van der Waals surface area contributed by atoms with Gasteiger partial charge in [-0.25, -0.2) is 4.39 Å². The van der Waals surface area contributed by atoms with Crippen LogP contribution >= 0.6 is 12.2 Å². The number of aromatic nitrogens is 1. The van der Waals surface area contributed by atoms with Gasteiger partial charge in [-0.3, -0.25) is 4.90 Å². The molecule has 0 spiro atoms. The van der Waals surface area contributed by atoms with E-state index in [2.05, 4.69) is 20.7 Å². The van der Waals surface area contributed by atoms with Crippen LogP contribution in [0.5, 0.6) is 0 Å². The largest absolute Gasteiger partial charge is 0.379 e. The highest BCUT2D eigenvalue weighted by Crippen LogP contribution is 2.24. The number of anilines is 1. The van der Waals surface area contributed by atoms with Gasteiger partial charge in [0.05, 0.1) is 18.6 Å². The van der Waals surface area contributed by atoms with E-state index in [1.165, 1.54) is 6.07 Å². The summed E-state index contributed by atoms with van der Waals surface area (Å²) in [5, 5.41) is 10.9. The van der Waals surface area contributed by atoms with Crippen LogP contribution in [0.15, 0.2) is 22.7 Å². The molecule has 2 heterocycles. The first-order valence-corrected chi connectivity index (χ1v) is 7.54. The average Bonchev–Trinajstić information content (AvgIpc) is 2.93. The molecule has 1 aliphatic rings. The number of halogens is 1. The summed E-state index contributed by atoms with van der Waals surface area (Å²) in [4.78, 5) is 2.31. The third-order valence-corrected chi connectivity index (χ3v) is 3.75. The third kappa shape index (κ3) is 3.52. The van der Waals surface area contributed by atoms with Gasteiger partial charge in [-0.2, -0.15) is 0 Å². The molecule has 1 aliphatic heterocycles. The lowest BCUT2D eigenvalue weighted by atomic mass is 10.2. The van der Waals surface area contributed by atoms with Gasteiger partial charge in [0.15, 0.2) is 16.7 Å². The number of ether oxygens (including phenoxy) is 1. The van der Waals surface area contributed by atoms with Gasteiger partial charge in [0.1, 0.15) is 0 Å². The molecule has 2 aromatic rings. The number of thiocarbonyl (C=S) groups is 1. The molecule has 1 fully saturated rings. The van der Waals surface area contributed by atoms with Crippen LogP contribution in [-0.4, -0.2) is 54.6 Å². The first-order chi connectivity index (χ1) is 10.7. The highest BCUT2D eigenvalue weighted by molar-refractivity contribution is 7.80. The van der Waals surface area contributed by atoms with Crippen molar-refractivity contribution in [2.45, 2.75) is 0 Å². The van der Waals surface area contributed by atoms with E-state index in [0.717, 1.165) is 39.4 Å². The fourth-order valence-corrected chi connectivity index (χ4v) is 2.52. The number of nitrogens with zero attached hydrogens (tertiary/aromatic N) is 2. The van der Waals surface area contributed by atoms with Crippen molar-refractivity contribution < 1.29 is 13.7 Å². The summed E-state index contributed by atoms with van der Waals surface area (Å²) in [5.41, 5.74) is 0.126. The van der Waals surface area contributed by atoms with Crippen molar-refractivity contribution in [3.8, 4) is 0 Å². The smallest absolute Gasteiger partial charge is 0.204 e. The zero-order chi connectivity index (χ0) is 15.4.